The predicted octanol–water partition coefficient (Wildman–Crippen LogP) is 0.500. The summed E-state index contributed by atoms with van der Waals surface area (Å²) in [4.78, 5) is 23.8. The molecule has 0 radical (unpaired) electrons. The Morgan fingerprint density at radius 2 is 2.18 bits per heavy atom. The van der Waals surface area contributed by atoms with E-state index in [2.05, 4.69) is 0 Å². The van der Waals surface area contributed by atoms with E-state index in [0.717, 1.165) is 4.90 Å². The van der Waals surface area contributed by atoms with E-state index in [9.17, 15) is 9.59 Å². The summed E-state index contributed by atoms with van der Waals surface area (Å²) < 4.78 is 11.1. The monoisotopic (exact) mass is 243 g/mol. The number of rotatable bonds is 1. The molecule has 2 aliphatic heterocycles. The lowest BCUT2D eigenvalue weighted by Crippen LogP contribution is -2.41. The van der Waals surface area contributed by atoms with Crippen LogP contribution in [0.2, 0.25) is 0 Å². The van der Waals surface area contributed by atoms with E-state index in [4.69, 9.17) is 14.6 Å². The summed E-state index contributed by atoms with van der Waals surface area (Å²) in [5.41, 5.74) is -0.390. The molecule has 0 spiro atoms. The Hall–Kier alpha value is -1.14. The van der Waals surface area contributed by atoms with Crippen molar-refractivity contribution in [2.24, 2.45) is 0 Å². The molecule has 0 bridgehead atoms. The number of likely N-dealkylation sites (tertiary alicyclic amines) is 1. The second-order valence-corrected chi connectivity index (χ2v) is 5.39. The first kappa shape index (κ1) is 12.3. The Balaban J connectivity index is 2.17. The zero-order valence-corrected chi connectivity index (χ0v) is 10.2. The second kappa shape index (κ2) is 3.96. The van der Waals surface area contributed by atoms with Crippen molar-refractivity contribution in [1.29, 1.82) is 0 Å². The van der Waals surface area contributed by atoms with Gasteiger partial charge < -0.3 is 14.6 Å². The lowest BCUT2D eigenvalue weighted by atomic mass is 10.1. The van der Waals surface area contributed by atoms with Crippen molar-refractivity contribution in [1.82, 2.24) is 4.90 Å². The quantitative estimate of drug-likeness (QED) is 0.725. The van der Waals surface area contributed by atoms with Gasteiger partial charge in [-0.15, -0.1) is 0 Å². The van der Waals surface area contributed by atoms with Gasteiger partial charge in [0.15, 0.2) is 5.78 Å². The molecular weight excluding hydrogens is 226 g/mol. The first-order chi connectivity index (χ1) is 7.79. The Morgan fingerprint density at radius 1 is 1.53 bits per heavy atom. The minimum Gasteiger partial charge on any atom is -0.465 e. The van der Waals surface area contributed by atoms with Crippen LogP contribution in [0.5, 0.6) is 0 Å². The predicted molar refractivity (Wildman–Crippen MR) is 57.9 cm³/mol. The smallest absolute Gasteiger partial charge is 0.408 e. The van der Waals surface area contributed by atoms with E-state index in [1.54, 1.807) is 0 Å². The zero-order chi connectivity index (χ0) is 12.8. The number of amides is 1. The Labute approximate surface area is 99.5 Å². The summed E-state index contributed by atoms with van der Waals surface area (Å²) in [5.74, 6) is -0.183. The fraction of sp³-hybridized carbons (Fsp3) is 0.818. The molecule has 3 atom stereocenters. The number of Topliss-reactive ketones (excluding diaryl/α,β-unsaturated/α-hetero) is 1. The standard InChI is InChI=1S/C11H17NO5/c1-11(2,3)17-7-4-12(10(14)15)8-6(13)5-16-9(7)8/h7-9H,4-5H2,1-3H3,(H,14,15). The molecule has 0 saturated carbocycles. The number of fused-ring (bicyclic) bond motifs is 1. The summed E-state index contributed by atoms with van der Waals surface area (Å²) >= 11 is 0. The van der Waals surface area contributed by atoms with Crippen LogP contribution in [0.1, 0.15) is 20.8 Å². The summed E-state index contributed by atoms with van der Waals surface area (Å²) in [6.45, 7) is 5.84. The molecule has 2 fully saturated rings. The van der Waals surface area contributed by atoms with Gasteiger partial charge in [0.05, 0.1) is 12.1 Å². The van der Waals surface area contributed by atoms with Gasteiger partial charge in [-0.2, -0.15) is 0 Å². The van der Waals surface area contributed by atoms with E-state index in [-0.39, 0.29) is 25.0 Å². The van der Waals surface area contributed by atoms with Crippen LogP contribution in [0.25, 0.3) is 0 Å². The first-order valence-corrected chi connectivity index (χ1v) is 5.61. The molecule has 1 N–H and O–H groups in total. The van der Waals surface area contributed by atoms with Crippen LogP contribution in [0, 0.1) is 0 Å². The van der Waals surface area contributed by atoms with Crippen molar-refractivity contribution in [2.75, 3.05) is 13.2 Å². The van der Waals surface area contributed by atoms with Crippen molar-refractivity contribution in [3.05, 3.63) is 0 Å². The van der Waals surface area contributed by atoms with E-state index in [1.165, 1.54) is 0 Å². The Kier molecular flexibility index (Phi) is 2.87. The van der Waals surface area contributed by atoms with Gasteiger partial charge in [-0.3, -0.25) is 9.69 Å². The summed E-state index contributed by atoms with van der Waals surface area (Å²) in [7, 11) is 0. The maximum absolute atomic E-state index is 11.6. The van der Waals surface area contributed by atoms with E-state index in [1.807, 2.05) is 20.8 Å². The average Bonchev–Trinajstić information content (AvgIpc) is 2.67. The van der Waals surface area contributed by atoms with Crippen LogP contribution in [-0.4, -0.2) is 58.9 Å². The summed E-state index contributed by atoms with van der Waals surface area (Å²) in [6.07, 6.45) is -1.93. The van der Waals surface area contributed by atoms with Crippen molar-refractivity contribution < 1.29 is 24.2 Å². The largest absolute Gasteiger partial charge is 0.465 e. The van der Waals surface area contributed by atoms with Crippen molar-refractivity contribution in [2.45, 2.75) is 44.6 Å². The molecule has 2 aliphatic rings. The van der Waals surface area contributed by atoms with E-state index >= 15 is 0 Å². The highest BCUT2D eigenvalue weighted by molar-refractivity contribution is 5.91. The minimum atomic E-state index is -1.10. The third-order valence-corrected chi connectivity index (χ3v) is 2.89. The Morgan fingerprint density at radius 3 is 2.71 bits per heavy atom. The fourth-order valence-corrected chi connectivity index (χ4v) is 2.37. The molecule has 0 aromatic rings. The second-order valence-electron chi connectivity index (χ2n) is 5.39. The maximum Gasteiger partial charge on any atom is 0.408 e. The van der Waals surface area contributed by atoms with Crippen LogP contribution in [-0.2, 0) is 14.3 Å². The number of hydrogen-bond acceptors (Lipinski definition) is 4. The highest BCUT2D eigenvalue weighted by Crippen LogP contribution is 2.31. The molecule has 2 saturated heterocycles. The number of carbonyl (C=O) groups is 2. The molecule has 17 heavy (non-hydrogen) atoms. The van der Waals surface area contributed by atoms with Gasteiger partial charge in [-0.05, 0) is 20.8 Å². The molecule has 1 amide bonds. The van der Waals surface area contributed by atoms with E-state index < -0.39 is 23.8 Å². The highest BCUT2D eigenvalue weighted by atomic mass is 16.6. The molecule has 2 rings (SSSR count). The normalized spacial score (nSPS) is 33.0. The zero-order valence-electron chi connectivity index (χ0n) is 10.2. The molecule has 6 heteroatoms. The topological polar surface area (TPSA) is 76.1 Å². The summed E-state index contributed by atoms with van der Waals surface area (Å²) in [5, 5.41) is 9.06. The maximum atomic E-state index is 11.6. The molecule has 0 aromatic heterocycles. The number of nitrogens with zero attached hydrogens (tertiary/aromatic N) is 1. The molecular formula is C11H17NO5. The highest BCUT2D eigenvalue weighted by Gasteiger charge is 2.53. The van der Waals surface area contributed by atoms with Crippen molar-refractivity contribution in [3.8, 4) is 0 Å². The fourth-order valence-electron chi connectivity index (χ4n) is 2.37. The Bertz CT molecular complexity index is 348. The minimum absolute atomic E-state index is 0.0247. The molecule has 2 heterocycles. The molecule has 0 aliphatic carbocycles. The third kappa shape index (κ3) is 2.28. The molecule has 6 nitrogen and oxygen atoms in total. The molecule has 96 valence electrons. The number of carbonyl (C=O) groups excluding carboxylic acids is 1. The molecule has 3 unspecified atom stereocenters. The SMILES string of the molecule is CC(C)(C)OC1CN(C(=O)O)C2C(=O)COC12. The van der Waals surface area contributed by atoms with Crippen molar-refractivity contribution >= 4 is 11.9 Å². The third-order valence-electron chi connectivity index (χ3n) is 2.89. The van der Waals surface area contributed by atoms with Crippen LogP contribution < -0.4 is 0 Å². The van der Waals surface area contributed by atoms with Gasteiger partial charge in [-0.25, -0.2) is 4.79 Å². The lowest BCUT2D eigenvalue weighted by Gasteiger charge is -2.26. The van der Waals surface area contributed by atoms with Crippen molar-refractivity contribution in [3.63, 3.8) is 0 Å². The molecule has 0 aromatic carbocycles. The number of ether oxygens (including phenoxy) is 2. The average molecular weight is 243 g/mol. The van der Waals surface area contributed by atoms with Gasteiger partial charge >= 0.3 is 6.09 Å². The van der Waals surface area contributed by atoms with E-state index in [0.29, 0.717) is 0 Å². The number of carboxylic acid groups (broad SMARTS) is 1. The van der Waals surface area contributed by atoms with Crippen LogP contribution in [0.4, 0.5) is 4.79 Å². The van der Waals surface area contributed by atoms with Crippen LogP contribution in [0.15, 0.2) is 0 Å². The summed E-state index contributed by atoms with van der Waals surface area (Å²) in [6, 6.07) is -0.695. The van der Waals surface area contributed by atoms with Crippen LogP contribution in [0.3, 0.4) is 0 Å². The first-order valence-electron chi connectivity index (χ1n) is 5.61. The number of hydrogen-bond donors (Lipinski definition) is 1. The van der Waals surface area contributed by atoms with Gasteiger partial charge in [-0.1, -0.05) is 0 Å². The number of ketones is 1. The van der Waals surface area contributed by atoms with Gasteiger partial charge in [0.25, 0.3) is 0 Å². The lowest BCUT2D eigenvalue weighted by molar-refractivity contribution is -0.121. The van der Waals surface area contributed by atoms with Crippen LogP contribution >= 0.6 is 0 Å². The van der Waals surface area contributed by atoms with Gasteiger partial charge in [0.2, 0.25) is 0 Å². The van der Waals surface area contributed by atoms with Gasteiger partial charge in [0, 0.05) is 0 Å². The van der Waals surface area contributed by atoms with Gasteiger partial charge in [0.1, 0.15) is 24.9 Å².